The number of aliphatic carboxylic acids is 1. The molecule has 1 amide bonds. The van der Waals surface area contributed by atoms with Gasteiger partial charge in [0.05, 0.1) is 0 Å². The molecule has 0 fully saturated rings. The molecule has 0 atom stereocenters. The number of allylic oxidation sites excluding steroid dienone is 3. The number of carboxylic acids is 1. The van der Waals surface area contributed by atoms with Gasteiger partial charge in [0.2, 0.25) is 5.91 Å². The third-order valence-corrected chi connectivity index (χ3v) is 4.67. The number of hydrogen-bond acceptors (Lipinski definition) is 3. The van der Waals surface area contributed by atoms with Crippen molar-refractivity contribution in [1.82, 2.24) is 0 Å². The number of nitrogens with two attached hydrogens (primary N) is 1. The van der Waals surface area contributed by atoms with Gasteiger partial charge in [-0.3, -0.25) is 4.79 Å². The van der Waals surface area contributed by atoms with Crippen LogP contribution in [0.25, 0.3) is 17.2 Å². The second-order valence-corrected chi connectivity index (χ2v) is 6.33. The van der Waals surface area contributed by atoms with E-state index in [2.05, 4.69) is 0 Å². The summed E-state index contributed by atoms with van der Waals surface area (Å²) in [6.07, 6.45) is 2.79. The molecular formula is C22H21NO4. The summed E-state index contributed by atoms with van der Waals surface area (Å²) in [6.45, 7) is 3.56. The third-order valence-electron chi connectivity index (χ3n) is 4.67. The number of hydrogen-bond donors (Lipinski definition) is 2. The van der Waals surface area contributed by atoms with Crippen molar-refractivity contribution in [2.75, 3.05) is 6.61 Å². The van der Waals surface area contributed by atoms with Crippen LogP contribution in [0.3, 0.4) is 0 Å². The van der Waals surface area contributed by atoms with Gasteiger partial charge >= 0.3 is 5.97 Å². The summed E-state index contributed by atoms with van der Waals surface area (Å²) in [6, 6.07) is 13.0. The quantitative estimate of drug-likeness (QED) is 0.810. The number of fused-ring (bicyclic) bond motifs is 1. The molecule has 0 radical (unpaired) electrons. The Morgan fingerprint density at radius 2 is 1.89 bits per heavy atom. The van der Waals surface area contributed by atoms with Crippen LogP contribution in [0.2, 0.25) is 0 Å². The lowest BCUT2D eigenvalue weighted by molar-refractivity contribution is -0.139. The van der Waals surface area contributed by atoms with Crippen LogP contribution >= 0.6 is 0 Å². The summed E-state index contributed by atoms with van der Waals surface area (Å²) in [5, 5.41) is 8.95. The Kier molecular flexibility index (Phi) is 5.12. The fourth-order valence-electron chi connectivity index (χ4n) is 3.54. The van der Waals surface area contributed by atoms with Gasteiger partial charge in [0, 0.05) is 16.7 Å². The zero-order valence-corrected chi connectivity index (χ0v) is 15.3. The first-order chi connectivity index (χ1) is 12.9. The van der Waals surface area contributed by atoms with Crippen LogP contribution in [0.4, 0.5) is 0 Å². The van der Waals surface area contributed by atoms with Crippen LogP contribution in [0.15, 0.2) is 48.0 Å². The molecular weight excluding hydrogens is 344 g/mol. The van der Waals surface area contributed by atoms with Crippen LogP contribution < -0.4 is 10.5 Å². The number of amides is 1. The number of carbonyl (C=O) groups excluding carboxylic acids is 1. The maximum Gasteiger partial charge on any atom is 0.341 e. The maximum absolute atomic E-state index is 12.1. The van der Waals surface area contributed by atoms with E-state index in [9.17, 15) is 9.59 Å². The monoisotopic (exact) mass is 365 g/mol. The van der Waals surface area contributed by atoms with Gasteiger partial charge in [0.15, 0.2) is 6.61 Å². The molecule has 5 heteroatoms. The lowest BCUT2D eigenvalue weighted by atomic mass is 9.93. The van der Waals surface area contributed by atoms with Crippen LogP contribution in [-0.2, 0) is 4.79 Å². The van der Waals surface area contributed by atoms with Crippen molar-refractivity contribution in [3.8, 4) is 5.75 Å². The van der Waals surface area contributed by atoms with E-state index in [-0.39, 0.29) is 0 Å². The minimum absolute atomic E-state index is 0.401. The third kappa shape index (κ3) is 3.49. The molecule has 138 valence electrons. The molecule has 0 aromatic heterocycles. The van der Waals surface area contributed by atoms with Gasteiger partial charge in [0.1, 0.15) is 5.75 Å². The second-order valence-electron chi connectivity index (χ2n) is 6.33. The van der Waals surface area contributed by atoms with E-state index in [1.165, 1.54) is 0 Å². The van der Waals surface area contributed by atoms with Crippen LogP contribution in [-0.4, -0.2) is 23.6 Å². The molecule has 27 heavy (non-hydrogen) atoms. The minimum atomic E-state index is -1.06. The first-order valence-electron chi connectivity index (χ1n) is 8.73. The Bertz CT molecular complexity index is 971. The SMILES string of the molecule is CCC1=C(C)c2c(OC[14C](=O)O)ccc(C(N)=O)c2/C1=C\c1ccccc1. The summed E-state index contributed by atoms with van der Waals surface area (Å²) < 4.78 is 5.49. The van der Waals surface area contributed by atoms with Crippen molar-refractivity contribution in [3.63, 3.8) is 0 Å². The molecule has 0 unspecified atom stereocenters. The first-order valence-corrected chi connectivity index (χ1v) is 8.73. The van der Waals surface area contributed by atoms with E-state index in [0.29, 0.717) is 16.9 Å². The fourth-order valence-corrected chi connectivity index (χ4v) is 3.54. The predicted molar refractivity (Wildman–Crippen MR) is 105 cm³/mol. The molecule has 0 aliphatic heterocycles. The molecule has 3 N–H and O–H groups in total. The molecule has 0 saturated heterocycles. The normalized spacial score (nSPS) is 14.4. The van der Waals surface area contributed by atoms with Crippen LogP contribution in [0, 0.1) is 0 Å². The van der Waals surface area contributed by atoms with Gasteiger partial charge in [-0.1, -0.05) is 37.3 Å². The molecule has 0 saturated carbocycles. The van der Waals surface area contributed by atoms with E-state index in [0.717, 1.165) is 34.3 Å². The lowest BCUT2D eigenvalue weighted by Crippen LogP contribution is -2.15. The molecule has 3 rings (SSSR count). The molecule has 2 aromatic carbocycles. The molecule has 1 aliphatic carbocycles. The largest absolute Gasteiger partial charge is 0.481 e. The highest BCUT2D eigenvalue weighted by Crippen LogP contribution is 2.48. The topological polar surface area (TPSA) is 89.6 Å². The molecule has 0 heterocycles. The van der Waals surface area contributed by atoms with Crippen molar-refractivity contribution in [2.45, 2.75) is 20.3 Å². The average molecular weight is 365 g/mol. The molecule has 0 spiro atoms. The van der Waals surface area contributed by atoms with E-state index in [1.807, 2.05) is 50.3 Å². The zero-order valence-electron chi connectivity index (χ0n) is 15.3. The second kappa shape index (κ2) is 7.50. The minimum Gasteiger partial charge on any atom is -0.481 e. The van der Waals surface area contributed by atoms with E-state index < -0.39 is 18.5 Å². The number of primary amides is 1. The first kappa shape index (κ1) is 18.5. The summed E-state index contributed by atoms with van der Waals surface area (Å²) in [5.41, 5.74) is 11.5. The van der Waals surface area contributed by atoms with Crippen molar-refractivity contribution in [3.05, 3.63) is 70.3 Å². The Balaban J connectivity index is 2.26. The predicted octanol–water partition coefficient (Wildman–Crippen LogP) is 3.99. The molecule has 0 bridgehead atoms. The Labute approximate surface area is 157 Å². The highest BCUT2D eigenvalue weighted by molar-refractivity contribution is 6.12. The Morgan fingerprint density at radius 1 is 1.19 bits per heavy atom. The highest BCUT2D eigenvalue weighted by atomic mass is 16.7. The maximum atomic E-state index is 12.1. The number of carboxylic acid groups (broad SMARTS) is 1. The number of ether oxygens (including phenoxy) is 1. The zero-order chi connectivity index (χ0) is 19.6. The number of carbonyl (C=O) groups is 2. The van der Waals surface area contributed by atoms with Crippen molar-refractivity contribution < 1.29 is 19.4 Å². The summed E-state index contributed by atoms with van der Waals surface area (Å²) >= 11 is 0. The van der Waals surface area contributed by atoms with Crippen molar-refractivity contribution >= 4 is 29.1 Å². The summed E-state index contributed by atoms with van der Waals surface area (Å²) in [7, 11) is 0. The van der Waals surface area contributed by atoms with E-state index >= 15 is 0 Å². The summed E-state index contributed by atoms with van der Waals surface area (Å²) in [4.78, 5) is 23.0. The van der Waals surface area contributed by atoms with Gasteiger partial charge in [-0.25, -0.2) is 4.79 Å². The van der Waals surface area contributed by atoms with Crippen LogP contribution in [0.5, 0.6) is 5.75 Å². The van der Waals surface area contributed by atoms with Gasteiger partial charge < -0.3 is 15.6 Å². The van der Waals surface area contributed by atoms with Crippen molar-refractivity contribution in [2.24, 2.45) is 5.73 Å². The van der Waals surface area contributed by atoms with E-state index in [1.54, 1.807) is 12.1 Å². The summed E-state index contributed by atoms with van der Waals surface area (Å²) in [5.74, 6) is -1.14. The Hall–Kier alpha value is -3.34. The highest BCUT2D eigenvalue weighted by Gasteiger charge is 2.30. The van der Waals surface area contributed by atoms with Crippen molar-refractivity contribution in [1.29, 1.82) is 0 Å². The van der Waals surface area contributed by atoms with Crippen LogP contribution in [0.1, 0.15) is 47.3 Å². The molecule has 5 nitrogen and oxygen atoms in total. The van der Waals surface area contributed by atoms with Gasteiger partial charge in [0.25, 0.3) is 0 Å². The molecule has 2 aromatic rings. The van der Waals surface area contributed by atoms with Gasteiger partial charge in [-0.2, -0.15) is 0 Å². The van der Waals surface area contributed by atoms with Gasteiger partial charge in [-0.05, 0) is 53.8 Å². The Morgan fingerprint density at radius 3 is 2.48 bits per heavy atom. The average Bonchev–Trinajstić information content (AvgIpc) is 2.92. The molecule has 1 aliphatic rings. The lowest BCUT2D eigenvalue weighted by Gasteiger charge is -2.14. The number of rotatable bonds is 6. The fraction of sp³-hybridized carbons (Fsp3) is 0.182. The standard InChI is InChI=1S/C22H21NO4/c1-3-15-13(2)20-18(27-12-19(24)25)10-9-16(22(23)26)21(20)17(15)11-14-7-5-4-6-8-14/h4-11H,3,12H2,1-2H3,(H2,23,26)(H,24,25)/b17-11-/i19+2. The van der Waals surface area contributed by atoms with E-state index in [4.69, 9.17) is 15.6 Å². The van der Waals surface area contributed by atoms with Gasteiger partial charge in [-0.15, -0.1) is 0 Å². The number of benzene rings is 2. The smallest absolute Gasteiger partial charge is 0.341 e.